The summed E-state index contributed by atoms with van der Waals surface area (Å²) in [6.07, 6.45) is 7.28. The van der Waals surface area contributed by atoms with E-state index in [1.807, 2.05) is 0 Å². The zero-order chi connectivity index (χ0) is 21.6. The van der Waals surface area contributed by atoms with E-state index in [0.29, 0.717) is 38.9 Å². The second-order valence-electron chi connectivity index (χ2n) is 8.04. The molecule has 9 nitrogen and oxygen atoms in total. The number of fused-ring (bicyclic) bond motifs is 3. The van der Waals surface area contributed by atoms with Crippen LogP contribution < -0.4 is 21.3 Å². The van der Waals surface area contributed by atoms with Crippen LogP contribution in [0.4, 0.5) is 0 Å². The summed E-state index contributed by atoms with van der Waals surface area (Å²) in [6, 6.07) is -0.111. The van der Waals surface area contributed by atoms with Crippen molar-refractivity contribution in [2.24, 2.45) is 0 Å². The van der Waals surface area contributed by atoms with Crippen molar-refractivity contribution in [3.05, 3.63) is 0 Å². The lowest BCUT2D eigenvalue weighted by atomic mass is 9.69. The average molecular weight is 405 g/mol. The summed E-state index contributed by atoms with van der Waals surface area (Å²) < 4.78 is 0. The number of carbonyl (C=O) groups excluding carboxylic acids is 4. The third kappa shape index (κ3) is 6.19. The Labute approximate surface area is 171 Å². The molecule has 9 heteroatoms. The van der Waals surface area contributed by atoms with Crippen LogP contribution in [0.15, 0.2) is 0 Å². The minimum absolute atomic E-state index is 0.00540. The smallest absolute Gasteiger partial charge is 0.232 e. The number of amides is 4. The highest BCUT2D eigenvalue weighted by Gasteiger charge is 2.54. The molecule has 0 spiro atoms. The topological polar surface area (TPSA) is 120 Å². The van der Waals surface area contributed by atoms with Gasteiger partial charge in [0.2, 0.25) is 23.6 Å². The Morgan fingerprint density at radius 1 is 0.862 bits per heavy atom. The van der Waals surface area contributed by atoms with Gasteiger partial charge in [0.15, 0.2) is 0 Å². The van der Waals surface area contributed by atoms with Crippen LogP contribution in [-0.4, -0.2) is 71.8 Å². The number of rotatable bonds is 8. The van der Waals surface area contributed by atoms with Crippen molar-refractivity contribution < 1.29 is 19.2 Å². The Kier molecular flexibility index (Phi) is 7.62. The summed E-state index contributed by atoms with van der Waals surface area (Å²) >= 11 is 0. The maximum absolute atomic E-state index is 12.3. The molecule has 3 rings (SSSR count). The summed E-state index contributed by atoms with van der Waals surface area (Å²) in [5.41, 5.74) is -0.502. The Bertz CT molecular complexity index is 632. The fourth-order valence-corrected chi connectivity index (χ4v) is 4.72. The molecular weight excluding hydrogens is 374 g/mol. The molecule has 2 unspecified atom stereocenters. The predicted molar refractivity (Wildman–Crippen MR) is 107 cm³/mol. The van der Waals surface area contributed by atoms with E-state index in [9.17, 15) is 19.2 Å². The first-order valence-corrected chi connectivity index (χ1v) is 9.91. The van der Waals surface area contributed by atoms with Crippen molar-refractivity contribution in [3.63, 3.8) is 0 Å². The summed E-state index contributed by atoms with van der Waals surface area (Å²) in [5, 5.41) is 11.7. The van der Waals surface area contributed by atoms with Crippen molar-refractivity contribution in [3.8, 4) is 12.3 Å². The van der Waals surface area contributed by atoms with E-state index in [4.69, 9.17) is 6.42 Å². The maximum atomic E-state index is 12.3. The standard InChI is InChI=1S/C20H31N5O4/c1-5-6-19(29)24-20-7-16(10-21-13(2)26)25(17(8-20)11-22-14(3)27)18(9-20)12-23-15(4)28/h1,16-18H,6-12H2,2-4H3,(H,21,26)(H,22,27)(H,23,28)(H,24,29)/t16-,17+,18?,20-. The number of carbonyl (C=O) groups is 4. The average Bonchev–Trinajstić information content (AvgIpc) is 2.62. The van der Waals surface area contributed by atoms with Crippen molar-refractivity contribution in [1.29, 1.82) is 0 Å². The summed E-state index contributed by atoms with van der Waals surface area (Å²) in [6.45, 7) is 5.67. The molecule has 4 N–H and O–H groups in total. The molecule has 0 aromatic carbocycles. The number of piperidine rings is 3. The van der Waals surface area contributed by atoms with Crippen molar-refractivity contribution in [2.75, 3.05) is 19.6 Å². The first kappa shape index (κ1) is 22.7. The van der Waals surface area contributed by atoms with Crippen LogP contribution in [0.2, 0.25) is 0 Å². The summed E-state index contributed by atoms with van der Waals surface area (Å²) in [7, 11) is 0. The van der Waals surface area contributed by atoms with Gasteiger partial charge in [0.05, 0.1) is 6.42 Å². The molecule has 3 aliphatic heterocycles. The largest absolute Gasteiger partial charge is 0.355 e. The van der Waals surface area contributed by atoms with Crippen LogP contribution in [0.5, 0.6) is 0 Å². The quantitative estimate of drug-likeness (QED) is 0.381. The third-order valence-electron chi connectivity index (χ3n) is 5.57. The van der Waals surface area contributed by atoms with Gasteiger partial charge in [-0.05, 0) is 19.3 Å². The monoisotopic (exact) mass is 405 g/mol. The summed E-state index contributed by atoms with van der Waals surface area (Å²) in [4.78, 5) is 49.1. The fourth-order valence-electron chi connectivity index (χ4n) is 4.72. The van der Waals surface area contributed by atoms with Gasteiger partial charge in [-0.15, -0.1) is 6.42 Å². The van der Waals surface area contributed by atoms with Gasteiger partial charge in [-0.25, -0.2) is 0 Å². The van der Waals surface area contributed by atoms with Crippen LogP contribution in [0.3, 0.4) is 0 Å². The third-order valence-corrected chi connectivity index (χ3v) is 5.57. The van der Waals surface area contributed by atoms with E-state index in [2.05, 4.69) is 32.1 Å². The van der Waals surface area contributed by atoms with Gasteiger partial charge in [-0.3, -0.25) is 24.1 Å². The Morgan fingerprint density at radius 2 is 1.24 bits per heavy atom. The van der Waals surface area contributed by atoms with Gasteiger partial charge in [0, 0.05) is 64.1 Å². The first-order chi connectivity index (χ1) is 13.7. The lowest BCUT2D eigenvalue weighted by Gasteiger charge is -2.60. The lowest BCUT2D eigenvalue weighted by Crippen LogP contribution is -2.74. The highest BCUT2D eigenvalue weighted by molar-refractivity contribution is 5.79. The van der Waals surface area contributed by atoms with Crippen LogP contribution >= 0.6 is 0 Å². The number of nitrogens with zero attached hydrogens (tertiary/aromatic N) is 1. The van der Waals surface area contributed by atoms with E-state index >= 15 is 0 Å². The maximum Gasteiger partial charge on any atom is 0.232 e. The molecule has 3 heterocycles. The fraction of sp³-hybridized carbons (Fsp3) is 0.700. The first-order valence-electron chi connectivity index (χ1n) is 9.91. The van der Waals surface area contributed by atoms with E-state index in [-0.39, 0.29) is 48.2 Å². The molecule has 3 saturated heterocycles. The molecule has 4 amide bonds. The minimum Gasteiger partial charge on any atom is -0.355 e. The van der Waals surface area contributed by atoms with E-state index in [1.54, 1.807) is 0 Å². The van der Waals surface area contributed by atoms with Crippen molar-refractivity contribution >= 4 is 23.6 Å². The SMILES string of the molecule is C#CCC(=O)N[C@@]12CC(CNC(C)=O)N([C@H](CNC(C)=O)C1)[C@@H](CNC(C)=O)C2. The van der Waals surface area contributed by atoms with Gasteiger partial charge in [-0.1, -0.05) is 5.92 Å². The zero-order valence-electron chi connectivity index (χ0n) is 17.3. The normalized spacial score (nSPS) is 30.0. The molecule has 0 aromatic heterocycles. The van der Waals surface area contributed by atoms with Gasteiger partial charge >= 0.3 is 0 Å². The molecule has 2 bridgehead atoms. The Hall–Kier alpha value is -2.60. The number of terminal acetylenes is 1. The Morgan fingerprint density at radius 3 is 1.55 bits per heavy atom. The van der Waals surface area contributed by atoms with Crippen LogP contribution in [0, 0.1) is 12.3 Å². The van der Waals surface area contributed by atoms with Gasteiger partial charge in [0.1, 0.15) is 0 Å². The van der Waals surface area contributed by atoms with Crippen molar-refractivity contribution in [1.82, 2.24) is 26.2 Å². The minimum atomic E-state index is -0.502. The summed E-state index contributed by atoms with van der Waals surface area (Å²) in [5.74, 6) is 1.77. The molecule has 3 fully saturated rings. The molecule has 0 aliphatic carbocycles. The Balaban J connectivity index is 2.31. The van der Waals surface area contributed by atoms with E-state index in [1.165, 1.54) is 20.8 Å². The number of hydrogen-bond acceptors (Lipinski definition) is 5. The van der Waals surface area contributed by atoms with Crippen molar-refractivity contribution in [2.45, 2.75) is 70.1 Å². The molecule has 160 valence electrons. The second-order valence-corrected chi connectivity index (χ2v) is 8.04. The zero-order valence-corrected chi connectivity index (χ0v) is 17.3. The molecule has 29 heavy (non-hydrogen) atoms. The molecule has 0 saturated carbocycles. The number of nitrogens with one attached hydrogen (secondary N) is 4. The molecule has 0 aromatic rings. The lowest BCUT2D eigenvalue weighted by molar-refractivity contribution is -0.132. The van der Waals surface area contributed by atoms with E-state index < -0.39 is 5.54 Å². The van der Waals surface area contributed by atoms with Crippen LogP contribution in [0.1, 0.15) is 46.5 Å². The van der Waals surface area contributed by atoms with Crippen LogP contribution in [0.25, 0.3) is 0 Å². The van der Waals surface area contributed by atoms with Gasteiger partial charge in [0.25, 0.3) is 0 Å². The highest BCUT2D eigenvalue weighted by atomic mass is 16.2. The van der Waals surface area contributed by atoms with E-state index in [0.717, 1.165) is 0 Å². The van der Waals surface area contributed by atoms with Gasteiger partial charge < -0.3 is 21.3 Å². The highest BCUT2D eigenvalue weighted by Crippen LogP contribution is 2.43. The molecule has 3 aliphatic rings. The second kappa shape index (κ2) is 9.74. The molecule has 5 atom stereocenters. The molecule has 0 radical (unpaired) electrons. The predicted octanol–water partition coefficient (Wildman–Crippen LogP) is -1.12. The van der Waals surface area contributed by atoms with Crippen LogP contribution in [-0.2, 0) is 19.2 Å². The molecular formula is C20H31N5O4. The number of hydrogen-bond donors (Lipinski definition) is 4. The van der Waals surface area contributed by atoms with Gasteiger partial charge in [-0.2, -0.15) is 0 Å².